The molecule has 132 valence electrons. The first kappa shape index (κ1) is 16.4. The number of para-hydroxylation sites is 1. The fraction of sp³-hybridized carbons (Fsp3) is 0.200. The summed E-state index contributed by atoms with van der Waals surface area (Å²) in [6.07, 6.45) is 2.18. The molecule has 6 heteroatoms. The summed E-state index contributed by atoms with van der Waals surface area (Å²) in [5, 5.41) is 7.21. The third-order valence-electron chi connectivity index (χ3n) is 4.68. The fourth-order valence-corrected chi connectivity index (χ4v) is 3.18. The van der Waals surface area contributed by atoms with Crippen molar-refractivity contribution in [2.45, 2.75) is 19.3 Å². The molecule has 0 saturated heterocycles. The van der Waals surface area contributed by atoms with Gasteiger partial charge in [-0.05, 0) is 55.2 Å². The van der Waals surface area contributed by atoms with Crippen molar-refractivity contribution >= 4 is 11.7 Å². The lowest BCUT2D eigenvalue weighted by Crippen LogP contribution is -2.18. The van der Waals surface area contributed by atoms with E-state index in [1.807, 2.05) is 37.3 Å². The highest BCUT2D eigenvalue weighted by atomic mass is 19.1. The standard InChI is InChI=1S/C20H17F2N3O/c1-12-11-23-25(14-5-3-2-4-6-14)19(12)24-20(26)17-10-15(17)16-9-13(21)7-8-18(16)22/h2-9,11,15,17H,10H2,1H3,(H,24,26)/t15-,17+/m0/s1. The molecule has 1 aromatic heterocycles. The van der Waals surface area contributed by atoms with Crippen LogP contribution in [0.25, 0.3) is 5.69 Å². The van der Waals surface area contributed by atoms with Crippen LogP contribution in [0.5, 0.6) is 0 Å². The van der Waals surface area contributed by atoms with E-state index in [2.05, 4.69) is 10.4 Å². The first-order valence-corrected chi connectivity index (χ1v) is 8.40. The molecule has 0 radical (unpaired) electrons. The molecule has 2 aromatic carbocycles. The van der Waals surface area contributed by atoms with Crippen LogP contribution in [-0.2, 0) is 4.79 Å². The third-order valence-corrected chi connectivity index (χ3v) is 4.68. The summed E-state index contributed by atoms with van der Waals surface area (Å²) in [6.45, 7) is 1.86. The zero-order valence-electron chi connectivity index (χ0n) is 14.1. The third kappa shape index (κ3) is 2.98. The van der Waals surface area contributed by atoms with Crippen molar-refractivity contribution in [3.05, 3.63) is 77.5 Å². The number of hydrogen-bond donors (Lipinski definition) is 1. The summed E-state index contributed by atoms with van der Waals surface area (Å²) >= 11 is 0. The minimum atomic E-state index is -0.495. The highest BCUT2D eigenvalue weighted by Gasteiger charge is 2.45. The summed E-state index contributed by atoms with van der Waals surface area (Å²) in [5.74, 6) is -1.25. The molecule has 1 amide bonds. The smallest absolute Gasteiger partial charge is 0.229 e. The number of halogens is 2. The maximum Gasteiger partial charge on any atom is 0.229 e. The molecule has 0 bridgehead atoms. The summed E-state index contributed by atoms with van der Waals surface area (Å²) in [4.78, 5) is 12.6. The van der Waals surface area contributed by atoms with Gasteiger partial charge in [0.05, 0.1) is 11.9 Å². The zero-order valence-corrected chi connectivity index (χ0v) is 14.1. The Hall–Kier alpha value is -3.02. The van der Waals surface area contributed by atoms with Crippen LogP contribution >= 0.6 is 0 Å². The molecule has 1 heterocycles. The molecule has 4 nitrogen and oxygen atoms in total. The van der Waals surface area contributed by atoms with Gasteiger partial charge in [0.2, 0.25) is 5.91 Å². The van der Waals surface area contributed by atoms with Crippen LogP contribution in [0.4, 0.5) is 14.6 Å². The minimum Gasteiger partial charge on any atom is -0.310 e. The Morgan fingerprint density at radius 2 is 1.96 bits per heavy atom. The average Bonchev–Trinajstić information content (AvgIpc) is 3.36. The Morgan fingerprint density at radius 3 is 2.73 bits per heavy atom. The second kappa shape index (κ2) is 6.37. The lowest BCUT2D eigenvalue weighted by molar-refractivity contribution is -0.117. The minimum absolute atomic E-state index is 0.209. The van der Waals surface area contributed by atoms with Crippen LogP contribution in [0.3, 0.4) is 0 Å². The van der Waals surface area contributed by atoms with Gasteiger partial charge in [-0.25, -0.2) is 13.5 Å². The fourth-order valence-electron chi connectivity index (χ4n) is 3.18. The van der Waals surface area contributed by atoms with Gasteiger partial charge < -0.3 is 5.32 Å². The van der Waals surface area contributed by atoms with Gasteiger partial charge in [0, 0.05) is 11.5 Å². The quantitative estimate of drug-likeness (QED) is 0.764. The number of anilines is 1. The molecule has 26 heavy (non-hydrogen) atoms. The first-order chi connectivity index (χ1) is 12.5. The van der Waals surface area contributed by atoms with Gasteiger partial charge in [-0.15, -0.1) is 0 Å². The van der Waals surface area contributed by atoms with E-state index in [0.717, 1.165) is 23.4 Å². The SMILES string of the molecule is Cc1cnn(-c2ccccc2)c1NC(=O)[C@@H]1C[C@H]1c1cc(F)ccc1F. The van der Waals surface area contributed by atoms with Gasteiger partial charge >= 0.3 is 0 Å². The van der Waals surface area contributed by atoms with Crippen LogP contribution in [0, 0.1) is 24.5 Å². The van der Waals surface area contributed by atoms with Gasteiger partial charge in [-0.2, -0.15) is 5.10 Å². The molecule has 0 aliphatic heterocycles. The van der Waals surface area contributed by atoms with Crippen molar-refractivity contribution in [1.29, 1.82) is 0 Å². The Morgan fingerprint density at radius 1 is 1.19 bits per heavy atom. The van der Waals surface area contributed by atoms with E-state index >= 15 is 0 Å². The molecule has 1 N–H and O–H groups in total. The molecule has 1 saturated carbocycles. The molecule has 0 spiro atoms. The Balaban J connectivity index is 1.54. The molecule has 1 fully saturated rings. The topological polar surface area (TPSA) is 46.9 Å². The van der Waals surface area contributed by atoms with Gasteiger partial charge in [-0.3, -0.25) is 4.79 Å². The molecule has 0 unspecified atom stereocenters. The van der Waals surface area contributed by atoms with E-state index in [4.69, 9.17) is 0 Å². The van der Waals surface area contributed by atoms with E-state index in [0.29, 0.717) is 12.2 Å². The van der Waals surface area contributed by atoms with E-state index in [9.17, 15) is 13.6 Å². The van der Waals surface area contributed by atoms with Crippen molar-refractivity contribution in [1.82, 2.24) is 9.78 Å². The van der Waals surface area contributed by atoms with Gasteiger partial charge in [0.15, 0.2) is 0 Å². The van der Waals surface area contributed by atoms with Crippen molar-refractivity contribution in [3.8, 4) is 5.69 Å². The van der Waals surface area contributed by atoms with Crippen LogP contribution in [0.1, 0.15) is 23.5 Å². The van der Waals surface area contributed by atoms with Crippen molar-refractivity contribution < 1.29 is 13.6 Å². The maximum absolute atomic E-state index is 13.9. The predicted octanol–water partition coefficient (Wildman–Crippen LogP) is 4.20. The van der Waals surface area contributed by atoms with Gasteiger partial charge in [0.25, 0.3) is 0 Å². The molecule has 3 aromatic rings. The number of carbonyl (C=O) groups excluding carboxylic acids is 1. The molecular formula is C20H17F2N3O. The Labute approximate surface area is 149 Å². The van der Waals surface area contributed by atoms with E-state index in [-0.39, 0.29) is 23.3 Å². The number of carbonyl (C=O) groups is 1. The van der Waals surface area contributed by atoms with Crippen molar-refractivity contribution in [3.63, 3.8) is 0 Å². The Kier molecular flexibility index (Phi) is 4.03. The van der Waals surface area contributed by atoms with Gasteiger partial charge in [0.1, 0.15) is 17.5 Å². The number of aromatic nitrogens is 2. The van der Waals surface area contributed by atoms with Crippen molar-refractivity contribution in [2.75, 3.05) is 5.32 Å². The summed E-state index contributed by atoms with van der Waals surface area (Å²) in [6, 6.07) is 12.8. The van der Waals surface area contributed by atoms with Crippen LogP contribution in [0.2, 0.25) is 0 Å². The van der Waals surface area contributed by atoms with E-state index in [1.54, 1.807) is 10.9 Å². The maximum atomic E-state index is 13.9. The average molecular weight is 353 g/mol. The molecule has 1 aliphatic rings. The zero-order chi connectivity index (χ0) is 18.3. The number of aryl methyl sites for hydroxylation is 1. The number of nitrogens with zero attached hydrogens (tertiary/aromatic N) is 2. The monoisotopic (exact) mass is 353 g/mol. The summed E-state index contributed by atoms with van der Waals surface area (Å²) < 4.78 is 29.0. The van der Waals surface area contributed by atoms with Crippen LogP contribution < -0.4 is 5.32 Å². The first-order valence-electron chi connectivity index (χ1n) is 8.40. The summed E-state index contributed by atoms with van der Waals surface area (Å²) in [7, 11) is 0. The molecule has 1 aliphatic carbocycles. The van der Waals surface area contributed by atoms with E-state index in [1.165, 1.54) is 6.07 Å². The number of amides is 1. The molecular weight excluding hydrogens is 336 g/mol. The number of hydrogen-bond acceptors (Lipinski definition) is 2. The second-order valence-electron chi connectivity index (χ2n) is 6.53. The lowest BCUT2D eigenvalue weighted by atomic mass is 10.1. The number of benzene rings is 2. The predicted molar refractivity (Wildman–Crippen MR) is 94.1 cm³/mol. The molecule has 2 atom stereocenters. The number of rotatable bonds is 4. The van der Waals surface area contributed by atoms with Crippen LogP contribution in [-0.4, -0.2) is 15.7 Å². The van der Waals surface area contributed by atoms with Gasteiger partial charge in [-0.1, -0.05) is 18.2 Å². The highest BCUT2D eigenvalue weighted by Crippen LogP contribution is 2.49. The van der Waals surface area contributed by atoms with E-state index < -0.39 is 11.6 Å². The van der Waals surface area contributed by atoms with Crippen molar-refractivity contribution in [2.24, 2.45) is 5.92 Å². The second-order valence-corrected chi connectivity index (χ2v) is 6.53. The lowest BCUT2D eigenvalue weighted by Gasteiger charge is -2.10. The number of nitrogens with one attached hydrogen (secondary N) is 1. The highest BCUT2D eigenvalue weighted by molar-refractivity contribution is 5.95. The Bertz CT molecular complexity index is 968. The normalized spacial score (nSPS) is 18.6. The molecule has 4 rings (SSSR count). The largest absolute Gasteiger partial charge is 0.310 e. The van der Waals surface area contributed by atoms with Crippen LogP contribution in [0.15, 0.2) is 54.7 Å². The summed E-state index contributed by atoms with van der Waals surface area (Å²) in [5.41, 5.74) is 1.93.